The van der Waals surface area contributed by atoms with Crippen LogP contribution in [0.5, 0.6) is 0 Å². The van der Waals surface area contributed by atoms with Gasteiger partial charge in [0, 0.05) is 19.4 Å². The molecule has 0 saturated carbocycles. The molecule has 0 aliphatic heterocycles. The van der Waals surface area contributed by atoms with Crippen molar-refractivity contribution in [1.29, 1.82) is 0 Å². The van der Waals surface area contributed by atoms with Gasteiger partial charge in [-0.05, 0) is 18.6 Å². The van der Waals surface area contributed by atoms with Gasteiger partial charge in [-0.2, -0.15) is 0 Å². The van der Waals surface area contributed by atoms with E-state index in [-0.39, 0.29) is 11.5 Å². The lowest BCUT2D eigenvalue weighted by Crippen LogP contribution is -2.14. The number of benzene rings is 1. The van der Waals surface area contributed by atoms with Gasteiger partial charge in [-0.15, -0.1) is 0 Å². The molecule has 0 fully saturated rings. The van der Waals surface area contributed by atoms with Gasteiger partial charge >= 0.3 is 5.76 Å². The average molecular weight is 233 g/mol. The number of aromatic nitrogens is 1. The lowest BCUT2D eigenvalue weighted by molar-refractivity contribution is -0.118. The van der Waals surface area contributed by atoms with E-state index in [1.54, 1.807) is 10.6 Å². The normalized spacial score (nSPS) is 10.9. The molecular formula is C13H15NO3. The highest BCUT2D eigenvalue weighted by atomic mass is 16.4. The van der Waals surface area contributed by atoms with Gasteiger partial charge in [0.2, 0.25) is 0 Å². The Morgan fingerprint density at radius 1 is 1.35 bits per heavy atom. The van der Waals surface area contributed by atoms with E-state index in [1.807, 2.05) is 25.1 Å². The van der Waals surface area contributed by atoms with Crippen LogP contribution in [0.2, 0.25) is 0 Å². The molecular weight excluding hydrogens is 218 g/mol. The van der Waals surface area contributed by atoms with Crippen LogP contribution in [0, 0.1) is 0 Å². The summed E-state index contributed by atoms with van der Waals surface area (Å²) >= 11 is 0. The molecule has 2 aromatic rings. The first-order chi connectivity index (χ1) is 8.22. The Kier molecular flexibility index (Phi) is 3.42. The number of carbonyl (C=O) groups is 1. The third-order valence-electron chi connectivity index (χ3n) is 2.81. The van der Waals surface area contributed by atoms with E-state index in [4.69, 9.17) is 4.42 Å². The Balaban J connectivity index is 2.15. The van der Waals surface area contributed by atoms with Crippen LogP contribution < -0.4 is 5.76 Å². The van der Waals surface area contributed by atoms with Gasteiger partial charge in [-0.3, -0.25) is 9.36 Å². The first kappa shape index (κ1) is 11.6. The number of ketones is 1. The summed E-state index contributed by atoms with van der Waals surface area (Å²) in [7, 11) is 0. The molecule has 0 atom stereocenters. The second-order valence-electron chi connectivity index (χ2n) is 3.98. The van der Waals surface area contributed by atoms with E-state index in [9.17, 15) is 9.59 Å². The number of carbonyl (C=O) groups excluding carboxylic acids is 1. The molecule has 2 rings (SSSR count). The molecule has 90 valence electrons. The van der Waals surface area contributed by atoms with Crippen molar-refractivity contribution in [3.63, 3.8) is 0 Å². The van der Waals surface area contributed by atoms with Crippen LogP contribution in [0.15, 0.2) is 33.5 Å². The van der Waals surface area contributed by atoms with Crippen molar-refractivity contribution in [2.75, 3.05) is 0 Å². The molecule has 0 unspecified atom stereocenters. The zero-order chi connectivity index (χ0) is 12.3. The highest BCUT2D eigenvalue weighted by Gasteiger charge is 2.08. The summed E-state index contributed by atoms with van der Waals surface area (Å²) < 4.78 is 6.69. The second kappa shape index (κ2) is 4.99. The van der Waals surface area contributed by atoms with Crippen LogP contribution >= 0.6 is 0 Å². The van der Waals surface area contributed by atoms with Crippen molar-refractivity contribution >= 4 is 16.9 Å². The number of fused-ring (bicyclic) bond motifs is 1. The Bertz CT molecular complexity index is 580. The summed E-state index contributed by atoms with van der Waals surface area (Å²) in [6.45, 7) is 2.38. The minimum atomic E-state index is -0.352. The molecule has 0 aliphatic carbocycles. The Morgan fingerprint density at radius 2 is 2.12 bits per heavy atom. The van der Waals surface area contributed by atoms with Gasteiger partial charge < -0.3 is 4.42 Å². The van der Waals surface area contributed by atoms with Crippen molar-refractivity contribution in [3.05, 3.63) is 34.8 Å². The van der Waals surface area contributed by atoms with E-state index in [2.05, 4.69) is 0 Å². The van der Waals surface area contributed by atoms with Crippen molar-refractivity contribution in [1.82, 2.24) is 4.57 Å². The van der Waals surface area contributed by atoms with E-state index < -0.39 is 0 Å². The number of aryl methyl sites for hydroxylation is 1. The number of oxazole rings is 1. The van der Waals surface area contributed by atoms with Crippen LogP contribution in [0.25, 0.3) is 11.1 Å². The molecule has 4 heteroatoms. The van der Waals surface area contributed by atoms with Crippen molar-refractivity contribution in [2.45, 2.75) is 32.7 Å². The van der Waals surface area contributed by atoms with E-state index >= 15 is 0 Å². The zero-order valence-corrected chi connectivity index (χ0v) is 9.81. The van der Waals surface area contributed by atoms with Crippen LogP contribution in [0.3, 0.4) is 0 Å². The van der Waals surface area contributed by atoms with Crippen LogP contribution in [0.1, 0.15) is 26.2 Å². The molecule has 0 bridgehead atoms. The van der Waals surface area contributed by atoms with E-state index in [0.717, 1.165) is 5.52 Å². The van der Waals surface area contributed by atoms with Crippen molar-refractivity contribution < 1.29 is 9.21 Å². The minimum absolute atomic E-state index is 0.228. The SMILES string of the molecule is CCC(=O)CCCn1c(=O)oc2ccccc21. The van der Waals surface area contributed by atoms with Crippen molar-refractivity contribution in [3.8, 4) is 0 Å². The molecule has 1 aromatic heterocycles. The molecule has 0 saturated heterocycles. The van der Waals surface area contributed by atoms with Gasteiger partial charge in [0.1, 0.15) is 5.78 Å². The fraction of sp³-hybridized carbons (Fsp3) is 0.385. The molecule has 17 heavy (non-hydrogen) atoms. The predicted octanol–water partition coefficient (Wildman–Crippen LogP) is 2.35. The predicted molar refractivity (Wildman–Crippen MR) is 65.0 cm³/mol. The molecule has 1 heterocycles. The van der Waals surface area contributed by atoms with Crippen molar-refractivity contribution in [2.24, 2.45) is 0 Å². The maximum atomic E-state index is 11.6. The first-order valence-corrected chi connectivity index (χ1v) is 5.82. The van der Waals surface area contributed by atoms with Crippen LogP contribution in [-0.2, 0) is 11.3 Å². The molecule has 4 nitrogen and oxygen atoms in total. The largest absolute Gasteiger partial charge is 0.419 e. The lowest BCUT2D eigenvalue weighted by Gasteiger charge is -2.00. The summed E-state index contributed by atoms with van der Waals surface area (Å²) in [4.78, 5) is 22.8. The molecule has 1 aromatic carbocycles. The minimum Gasteiger partial charge on any atom is -0.408 e. The third-order valence-corrected chi connectivity index (χ3v) is 2.81. The molecule has 0 N–H and O–H groups in total. The highest BCUT2D eigenvalue weighted by molar-refractivity contribution is 5.78. The first-order valence-electron chi connectivity index (χ1n) is 5.82. The van der Waals surface area contributed by atoms with E-state index in [1.165, 1.54) is 0 Å². The van der Waals surface area contributed by atoms with Crippen LogP contribution in [0.4, 0.5) is 0 Å². The quantitative estimate of drug-likeness (QED) is 0.796. The number of rotatable bonds is 5. The van der Waals surface area contributed by atoms with Gasteiger partial charge in [0.25, 0.3) is 0 Å². The van der Waals surface area contributed by atoms with Gasteiger partial charge in [-0.1, -0.05) is 19.1 Å². The molecule has 0 spiro atoms. The Morgan fingerprint density at radius 3 is 2.88 bits per heavy atom. The summed E-state index contributed by atoms with van der Waals surface area (Å²) in [6, 6.07) is 7.31. The van der Waals surface area contributed by atoms with Gasteiger partial charge in [0.05, 0.1) is 5.52 Å². The molecule has 0 radical (unpaired) electrons. The van der Waals surface area contributed by atoms with Crippen LogP contribution in [-0.4, -0.2) is 10.4 Å². The number of hydrogen-bond acceptors (Lipinski definition) is 3. The van der Waals surface area contributed by atoms with Gasteiger partial charge in [0.15, 0.2) is 5.58 Å². The fourth-order valence-corrected chi connectivity index (χ4v) is 1.84. The Hall–Kier alpha value is -1.84. The summed E-state index contributed by atoms with van der Waals surface area (Å²) in [5.74, 6) is -0.124. The monoisotopic (exact) mass is 233 g/mol. The second-order valence-corrected chi connectivity index (χ2v) is 3.98. The summed E-state index contributed by atoms with van der Waals surface area (Å²) in [5, 5.41) is 0. The van der Waals surface area contributed by atoms with Gasteiger partial charge in [-0.25, -0.2) is 4.79 Å². The lowest BCUT2D eigenvalue weighted by atomic mass is 10.2. The number of hydrogen-bond donors (Lipinski definition) is 0. The smallest absolute Gasteiger partial charge is 0.408 e. The molecule has 0 aliphatic rings. The maximum Gasteiger partial charge on any atom is 0.419 e. The third kappa shape index (κ3) is 2.46. The average Bonchev–Trinajstić information content (AvgIpc) is 2.66. The fourth-order valence-electron chi connectivity index (χ4n) is 1.84. The highest BCUT2D eigenvalue weighted by Crippen LogP contribution is 2.12. The maximum absolute atomic E-state index is 11.6. The summed E-state index contributed by atoms with van der Waals surface area (Å²) in [5.41, 5.74) is 1.39. The number of nitrogens with zero attached hydrogens (tertiary/aromatic N) is 1. The standard InChI is InChI=1S/C13H15NO3/c1-2-10(15)6-5-9-14-11-7-3-4-8-12(11)17-13(14)16/h3-4,7-8H,2,5-6,9H2,1H3. The Labute approximate surface area is 98.8 Å². The topological polar surface area (TPSA) is 52.2 Å². The zero-order valence-electron chi connectivity index (χ0n) is 9.81. The molecule has 0 amide bonds. The van der Waals surface area contributed by atoms with E-state index in [0.29, 0.717) is 31.4 Å². The number of Topliss-reactive ketones (excluding diaryl/α,β-unsaturated/α-hetero) is 1. The number of para-hydroxylation sites is 2. The summed E-state index contributed by atoms with van der Waals surface area (Å²) in [6.07, 6.45) is 1.75.